The zero-order valence-electron chi connectivity index (χ0n) is 16.3. The Morgan fingerprint density at radius 2 is 1.93 bits per heavy atom. The van der Waals surface area contributed by atoms with Crippen LogP contribution in [0.25, 0.3) is 0 Å². The monoisotopic (exact) mass is 420 g/mol. The van der Waals surface area contributed by atoms with E-state index < -0.39 is 0 Å². The zero-order chi connectivity index (χ0) is 20.8. The second kappa shape index (κ2) is 9.41. The highest BCUT2D eigenvalue weighted by Crippen LogP contribution is 2.23. The second-order valence-electron chi connectivity index (χ2n) is 6.80. The Balaban J connectivity index is 1.34. The summed E-state index contributed by atoms with van der Waals surface area (Å²) in [6.07, 6.45) is 2.40. The molecule has 152 valence electrons. The zero-order valence-corrected chi connectivity index (χ0v) is 17.0. The third-order valence-electron chi connectivity index (χ3n) is 4.59. The van der Waals surface area contributed by atoms with Gasteiger partial charge in [0.25, 0.3) is 5.91 Å². The van der Waals surface area contributed by atoms with Crippen molar-refractivity contribution >= 4 is 23.3 Å². The summed E-state index contributed by atoms with van der Waals surface area (Å²) in [5, 5.41) is 6.74. The fourth-order valence-electron chi connectivity index (χ4n) is 3.10. The summed E-state index contributed by atoms with van der Waals surface area (Å²) in [4.78, 5) is 20.9. The highest BCUT2D eigenvalue weighted by atomic mass is 35.5. The lowest BCUT2D eigenvalue weighted by atomic mass is 10.1. The van der Waals surface area contributed by atoms with Gasteiger partial charge in [0.1, 0.15) is 23.0 Å². The molecule has 0 atom stereocenters. The van der Waals surface area contributed by atoms with Gasteiger partial charge in [-0.1, -0.05) is 23.7 Å². The van der Waals surface area contributed by atoms with Gasteiger partial charge in [0.2, 0.25) is 0 Å². The first-order valence-electron chi connectivity index (χ1n) is 9.73. The largest absolute Gasteiger partial charge is 0.457 e. The number of carbonyl (C=O) groups excluding carboxylic acids is 1. The average molecular weight is 421 g/mol. The van der Waals surface area contributed by atoms with E-state index in [1.165, 1.54) is 0 Å². The van der Waals surface area contributed by atoms with E-state index >= 15 is 0 Å². The first kappa shape index (κ1) is 19.9. The topological polar surface area (TPSA) is 75.6 Å². The number of nitrogens with one attached hydrogen (secondary N) is 2. The molecule has 30 heavy (non-hydrogen) atoms. The average Bonchev–Trinajstić information content (AvgIpc) is 3.30. The van der Waals surface area contributed by atoms with Crippen molar-refractivity contribution < 1.29 is 9.53 Å². The van der Waals surface area contributed by atoms with Crippen LogP contribution in [0, 0.1) is 0 Å². The Labute approximate surface area is 180 Å². The Hall–Kier alpha value is -3.38. The molecule has 4 rings (SSSR count). The fourth-order valence-corrected chi connectivity index (χ4v) is 3.22. The van der Waals surface area contributed by atoms with Gasteiger partial charge in [-0.15, -0.1) is 0 Å². The summed E-state index contributed by atoms with van der Waals surface area (Å²) >= 11 is 5.86. The van der Waals surface area contributed by atoms with Gasteiger partial charge in [-0.25, -0.2) is 0 Å². The molecule has 1 amide bonds. The first-order chi connectivity index (χ1) is 14.7. The molecule has 2 heterocycles. The number of amidine groups is 1. The Morgan fingerprint density at radius 1 is 1.10 bits per heavy atom. The van der Waals surface area contributed by atoms with Gasteiger partial charge in [0.05, 0.1) is 6.54 Å². The maximum Gasteiger partial charge on any atom is 0.251 e. The van der Waals surface area contributed by atoms with Crippen molar-refractivity contribution in [3.63, 3.8) is 0 Å². The highest BCUT2D eigenvalue weighted by molar-refractivity contribution is 6.30. The lowest BCUT2D eigenvalue weighted by Crippen LogP contribution is -2.25. The molecule has 1 aromatic heterocycles. The summed E-state index contributed by atoms with van der Waals surface area (Å²) in [5.41, 5.74) is 2.43. The van der Waals surface area contributed by atoms with E-state index in [1.54, 1.807) is 30.5 Å². The van der Waals surface area contributed by atoms with Gasteiger partial charge in [-0.3, -0.25) is 14.8 Å². The molecule has 0 aliphatic carbocycles. The predicted octanol–water partition coefficient (Wildman–Crippen LogP) is 3.85. The van der Waals surface area contributed by atoms with Crippen LogP contribution in [0.4, 0.5) is 0 Å². The van der Waals surface area contributed by atoms with E-state index in [-0.39, 0.29) is 5.91 Å². The van der Waals surface area contributed by atoms with E-state index in [1.807, 2.05) is 36.4 Å². The quantitative estimate of drug-likeness (QED) is 0.608. The van der Waals surface area contributed by atoms with Gasteiger partial charge in [0.15, 0.2) is 0 Å². The Morgan fingerprint density at radius 3 is 2.73 bits per heavy atom. The minimum Gasteiger partial charge on any atom is -0.457 e. The van der Waals surface area contributed by atoms with Crippen LogP contribution in [0.15, 0.2) is 71.9 Å². The van der Waals surface area contributed by atoms with Crippen LogP contribution in [-0.2, 0) is 6.42 Å². The van der Waals surface area contributed by atoms with Gasteiger partial charge in [0, 0.05) is 35.9 Å². The van der Waals surface area contributed by atoms with E-state index in [0.29, 0.717) is 29.3 Å². The van der Waals surface area contributed by atoms with Crippen molar-refractivity contribution in [1.82, 2.24) is 15.6 Å². The lowest BCUT2D eigenvalue weighted by molar-refractivity contribution is 0.0954. The summed E-state index contributed by atoms with van der Waals surface area (Å²) < 4.78 is 6.00. The Kier molecular flexibility index (Phi) is 6.25. The molecular weight excluding hydrogens is 400 g/mol. The first-order valence-corrected chi connectivity index (χ1v) is 10.1. The molecule has 0 radical (unpaired) electrons. The van der Waals surface area contributed by atoms with Crippen LogP contribution in [0.2, 0.25) is 5.02 Å². The molecule has 0 unspecified atom stereocenters. The number of pyridine rings is 1. The van der Waals surface area contributed by atoms with Crippen molar-refractivity contribution in [2.75, 3.05) is 19.6 Å². The van der Waals surface area contributed by atoms with E-state index in [4.69, 9.17) is 16.3 Å². The standard InChI is InChI=1S/C23H21ClN4O2/c24-18-6-4-17(5-7-18)23(29)28-10-8-16-2-1-3-19(14-16)30-20-9-11-25-21(15-20)22-26-12-13-27-22/h1-7,9,11,14-15H,8,10,12-13H2,(H,26,27)(H,28,29). The molecule has 0 fully saturated rings. The number of carbonyl (C=O) groups is 1. The summed E-state index contributed by atoms with van der Waals surface area (Å²) in [6.45, 7) is 2.12. The number of hydrogen-bond donors (Lipinski definition) is 2. The van der Waals surface area contributed by atoms with E-state index in [9.17, 15) is 4.79 Å². The van der Waals surface area contributed by atoms with Crippen LogP contribution >= 0.6 is 11.6 Å². The molecule has 3 aromatic rings. The van der Waals surface area contributed by atoms with Crippen LogP contribution in [0.5, 0.6) is 11.5 Å². The smallest absolute Gasteiger partial charge is 0.251 e. The van der Waals surface area contributed by atoms with Crippen molar-refractivity contribution in [3.05, 3.63) is 88.7 Å². The van der Waals surface area contributed by atoms with Crippen molar-refractivity contribution in [1.29, 1.82) is 0 Å². The minimum absolute atomic E-state index is 0.119. The summed E-state index contributed by atoms with van der Waals surface area (Å²) in [7, 11) is 0. The molecule has 0 spiro atoms. The lowest BCUT2D eigenvalue weighted by Gasteiger charge is -2.10. The molecule has 2 N–H and O–H groups in total. The van der Waals surface area contributed by atoms with Gasteiger partial charge >= 0.3 is 0 Å². The number of benzene rings is 2. The SMILES string of the molecule is O=C(NCCc1cccc(Oc2ccnc(C3=NCCN3)c2)c1)c1ccc(Cl)cc1. The van der Waals surface area contributed by atoms with E-state index in [0.717, 1.165) is 35.9 Å². The van der Waals surface area contributed by atoms with Crippen LogP contribution in [-0.4, -0.2) is 36.4 Å². The molecule has 2 aromatic carbocycles. The maximum atomic E-state index is 12.2. The number of rotatable bonds is 7. The maximum absolute atomic E-state index is 12.2. The predicted molar refractivity (Wildman–Crippen MR) is 118 cm³/mol. The molecule has 0 saturated carbocycles. The van der Waals surface area contributed by atoms with Crippen LogP contribution in [0.1, 0.15) is 21.6 Å². The van der Waals surface area contributed by atoms with Gasteiger partial charge in [-0.2, -0.15) is 0 Å². The third-order valence-corrected chi connectivity index (χ3v) is 4.84. The molecule has 1 aliphatic heterocycles. The molecule has 7 heteroatoms. The number of halogens is 1. The fraction of sp³-hybridized carbons (Fsp3) is 0.174. The summed E-state index contributed by atoms with van der Waals surface area (Å²) in [6, 6.07) is 18.3. The number of hydrogen-bond acceptors (Lipinski definition) is 5. The number of aliphatic imine (C=N–C) groups is 1. The van der Waals surface area contributed by atoms with Crippen LogP contribution in [0.3, 0.4) is 0 Å². The highest BCUT2D eigenvalue weighted by Gasteiger charge is 2.11. The number of ether oxygens (including phenoxy) is 1. The third kappa shape index (κ3) is 5.15. The number of aromatic nitrogens is 1. The Bertz CT molecular complexity index is 1070. The molecular formula is C23H21ClN4O2. The van der Waals surface area contributed by atoms with Crippen molar-refractivity contribution in [3.8, 4) is 11.5 Å². The minimum atomic E-state index is -0.119. The molecule has 1 aliphatic rings. The van der Waals surface area contributed by atoms with Crippen molar-refractivity contribution in [2.45, 2.75) is 6.42 Å². The van der Waals surface area contributed by atoms with Crippen molar-refractivity contribution in [2.24, 2.45) is 4.99 Å². The van der Waals surface area contributed by atoms with Crippen LogP contribution < -0.4 is 15.4 Å². The molecule has 0 bridgehead atoms. The second-order valence-corrected chi connectivity index (χ2v) is 7.23. The molecule has 0 saturated heterocycles. The molecule has 6 nitrogen and oxygen atoms in total. The van der Waals surface area contributed by atoms with Gasteiger partial charge < -0.3 is 15.4 Å². The van der Waals surface area contributed by atoms with E-state index in [2.05, 4.69) is 20.6 Å². The normalized spacial score (nSPS) is 12.8. The van der Waals surface area contributed by atoms with Gasteiger partial charge in [-0.05, 0) is 54.4 Å². The number of nitrogens with zero attached hydrogens (tertiary/aromatic N) is 2. The number of amides is 1. The summed E-state index contributed by atoms with van der Waals surface area (Å²) in [5.74, 6) is 2.11.